The molecule has 0 saturated carbocycles. The third-order valence-electron chi connectivity index (χ3n) is 14.0. The molecule has 6 heteroatoms. The van der Waals surface area contributed by atoms with Gasteiger partial charge < -0.3 is 14.2 Å². The number of unbranched alkanes of at least 4 members (excludes halogenated alkanes) is 23. The summed E-state index contributed by atoms with van der Waals surface area (Å²) in [7, 11) is 0. The van der Waals surface area contributed by atoms with Crippen LogP contribution in [0.5, 0.6) is 0 Å². The van der Waals surface area contributed by atoms with Gasteiger partial charge in [0.15, 0.2) is 6.10 Å². The van der Waals surface area contributed by atoms with Crippen molar-refractivity contribution in [1.29, 1.82) is 0 Å². The van der Waals surface area contributed by atoms with E-state index in [2.05, 4.69) is 179 Å². The molecule has 0 aliphatic heterocycles. The fourth-order valence-electron chi connectivity index (χ4n) is 8.91. The highest BCUT2D eigenvalue weighted by Crippen LogP contribution is 2.14. The number of hydrogen-bond donors (Lipinski definition) is 0. The average molecular weight is 1150 g/mol. The lowest BCUT2D eigenvalue weighted by Gasteiger charge is -2.18. The largest absolute Gasteiger partial charge is 0.462 e. The zero-order valence-corrected chi connectivity index (χ0v) is 53.7. The molecule has 6 nitrogen and oxygen atoms in total. The summed E-state index contributed by atoms with van der Waals surface area (Å²) < 4.78 is 16.9. The van der Waals surface area contributed by atoms with Crippen LogP contribution in [0.3, 0.4) is 0 Å². The van der Waals surface area contributed by atoms with Gasteiger partial charge in [-0.05, 0) is 154 Å². The van der Waals surface area contributed by atoms with Crippen molar-refractivity contribution in [3.63, 3.8) is 0 Å². The highest BCUT2D eigenvalue weighted by Gasteiger charge is 2.19. The first-order valence-corrected chi connectivity index (χ1v) is 34.0. The smallest absolute Gasteiger partial charge is 0.306 e. The summed E-state index contributed by atoms with van der Waals surface area (Å²) in [6, 6.07) is 0. The number of carbonyl (C=O) groups is 3. The van der Waals surface area contributed by atoms with Gasteiger partial charge in [0.25, 0.3) is 0 Å². The minimum Gasteiger partial charge on any atom is -0.462 e. The molecule has 0 saturated heterocycles. The Kier molecular flexibility index (Phi) is 65.4. The molecule has 468 valence electrons. The first-order chi connectivity index (χ1) is 41.0. The molecule has 0 amide bonds. The van der Waals surface area contributed by atoms with Crippen LogP contribution in [0.15, 0.2) is 158 Å². The maximum absolute atomic E-state index is 12.9. The maximum Gasteiger partial charge on any atom is 0.306 e. The van der Waals surface area contributed by atoms with Crippen molar-refractivity contribution in [3.05, 3.63) is 158 Å². The van der Waals surface area contributed by atoms with Crippen LogP contribution >= 0.6 is 0 Å². The zero-order valence-electron chi connectivity index (χ0n) is 53.7. The number of rotatable bonds is 60. The number of ether oxygens (including phenoxy) is 3. The first kappa shape index (κ1) is 78.0. The predicted octanol–water partition coefficient (Wildman–Crippen LogP) is 23.7. The average Bonchev–Trinajstić information content (AvgIpc) is 3.49. The van der Waals surface area contributed by atoms with Crippen LogP contribution in [0, 0.1) is 0 Å². The van der Waals surface area contributed by atoms with Crippen LogP contribution < -0.4 is 0 Å². The maximum atomic E-state index is 12.9. The number of carbonyl (C=O) groups excluding carboxylic acids is 3. The van der Waals surface area contributed by atoms with E-state index in [-0.39, 0.29) is 31.1 Å². The van der Waals surface area contributed by atoms with E-state index in [1.54, 1.807) is 0 Å². The van der Waals surface area contributed by atoms with Crippen molar-refractivity contribution in [2.45, 2.75) is 297 Å². The summed E-state index contributed by atoms with van der Waals surface area (Å²) in [6.07, 6.45) is 101. The Morgan fingerprint density at radius 3 is 0.795 bits per heavy atom. The molecule has 0 aromatic heterocycles. The van der Waals surface area contributed by atoms with Crippen LogP contribution in [0.4, 0.5) is 0 Å². The van der Waals surface area contributed by atoms with Crippen molar-refractivity contribution in [2.24, 2.45) is 0 Å². The van der Waals surface area contributed by atoms with Crippen LogP contribution in [-0.2, 0) is 28.6 Å². The second kappa shape index (κ2) is 69.5. The second-order valence-electron chi connectivity index (χ2n) is 22.0. The quantitative estimate of drug-likeness (QED) is 0.0261. The Morgan fingerprint density at radius 1 is 0.253 bits per heavy atom. The minimum atomic E-state index is -0.812. The summed E-state index contributed by atoms with van der Waals surface area (Å²) in [5, 5.41) is 0. The third kappa shape index (κ3) is 67.7. The molecule has 0 aromatic rings. The molecule has 83 heavy (non-hydrogen) atoms. The van der Waals surface area contributed by atoms with E-state index in [1.807, 2.05) is 0 Å². The van der Waals surface area contributed by atoms with Gasteiger partial charge in [0.2, 0.25) is 0 Å². The van der Waals surface area contributed by atoms with Crippen molar-refractivity contribution in [2.75, 3.05) is 13.2 Å². The predicted molar refractivity (Wildman–Crippen MR) is 362 cm³/mol. The van der Waals surface area contributed by atoms with Crippen LogP contribution in [0.25, 0.3) is 0 Å². The van der Waals surface area contributed by atoms with Gasteiger partial charge in [-0.15, -0.1) is 0 Å². The van der Waals surface area contributed by atoms with Crippen molar-refractivity contribution in [1.82, 2.24) is 0 Å². The molecular formula is C77H124O6. The standard InChI is InChI=1S/C77H124O6/c1-4-7-10-13-16-19-22-25-28-30-31-32-33-34-35-36-37-38-39-40-41-42-43-44-45-47-49-52-55-58-61-64-67-70-76(79)82-73-74(72-81-75(78)69-66-63-60-57-54-51-48-27-24-21-18-15-12-9-6-3)83-77(80)71-68-65-62-59-56-53-50-46-29-26-23-20-17-14-11-8-5-2/h7,10,16-17,19-20,25-29,31-32,34-35,37-38,40-41,43-44,47-49,55,58,74H,4-6,8-9,11-15,18,21-24,30,33,36,39,42,45-46,50-54,56-57,59-73H2,1-3H3/b10-7-,19-16-,20-17-,28-25-,29-26-,32-31-,35-34-,38-37-,41-40-,44-43-,48-27-,49-47-,58-55-. The fourth-order valence-corrected chi connectivity index (χ4v) is 8.91. The lowest BCUT2D eigenvalue weighted by atomic mass is 10.1. The molecule has 1 atom stereocenters. The molecule has 0 spiro atoms. The summed E-state index contributed by atoms with van der Waals surface area (Å²) >= 11 is 0. The normalized spacial score (nSPS) is 13.1. The molecule has 0 radical (unpaired) electrons. The van der Waals surface area contributed by atoms with Crippen LogP contribution in [0.1, 0.15) is 290 Å². The molecule has 0 aliphatic rings. The van der Waals surface area contributed by atoms with Gasteiger partial charge in [-0.25, -0.2) is 0 Å². The molecule has 0 rings (SSSR count). The molecule has 0 aliphatic carbocycles. The highest BCUT2D eigenvalue weighted by atomic mass is 16.6. The SMILES string of the molecule is CC/C=C\C/C=C\C/C=C\C/C=C\C/C=C\C/C=C\C/C=C\C/C=C\C/C=C\C/C=C\CCCCC(=O)OCC(COC(=O)CCCCCCC/C=C\CCCCCCCC)OC(=O)CCCCCCCCC/C=C\C/C=C\CCCCC. The van der Waals surface area contributed by atoms with E-state index in [4.69, 9.17) is 14.2 Å². The van der Waals surface area contributed by atoms with Gasteiger partial charge in [0.05, 0.1) is 0 Å². The van der Waals surface area contributed by atoms with Gasteiger partial charge in [0, 0.05) is 19.3 Å². The second-order valence-corrected chi connectivity index (χ2v) is 22.0. The van der Waals surface area contributed by atoms with E-state index in [0.717, 1.165) is 141 Å². The van der Waals surface area contributed by atoms with Gasteiger partial charge in [0.1, 0.15) is 13.2 Å². The molecule has 0 fully saturated rings. The Hall–Kier alpha value is -4.97. The van der Waals surface area contributed by atoms with Gasteiger partial charge in [-0.1, -0.05) is 275 Å². The van der Waals surface area contributed by atoms with Gasteiger partial charge >= 0.3 is 17.9 Å². The van der Waals surface area contributed by atoms with Crippen molar-refractivity contribution >= 4 is 17.9 Å². The summed E-state index contributed by atoms with van der Waals surface area (Å²) in [5.74, 6) is -0.965. The molecule has 0 aromatic carbocycles. The van der Waals surface area contributed by atoms with E-state index in [0.29, 0.717) is 25.7 Å². The van der Waals surface area contributed by atoms with E-state index >= 15 is 0 Å². The Labute approximate surface area is 511 Å². The molecule has 0 bridgehead atoms. The Morgan fingerprint density at radius 2 is 0.470 bits per heavy atom. The van der Waals surface area contributed by atoms with Gasteiger partial charge in [-0.3, -0.25) is 14.4 Å². The minimum absolute atomic E-state index is 0.104. The van der Waals surface area contributed by atoms with E-state index in [9.17, 15) is 14.4 Å². The van der Waals surface area contributed by atoms with E-state index in [1.165, 1.54) is 103 Å². The zero-order chi connectivity index (χ0) is 59.9. The van der Waals surface area contributed by atoms with Crippen LogP contribution in [0.2, 0.25) is 0 Å². The first-order valence-electron chi connectivity index (χ1n) is 34.0. The fraction of sp³-hybridized carbons (Fsp3) is 0.623. The number of allylic oxidation sites excluding steroid dienone is 26. The molecular weight excluding hydrogens is 1020 g/mol. The Bertz CT molecular complexity index is 1840. The Balaban J connectivity index is 4.43. The topological polar surface area (TPSA) is 78.9 Å². The third-order valence-corrected chi connectivity index (χ3v) is 14.0. The van der Waals surface area contributed by atoms with Crippen molar-refractivity contribution < 1.29 is 28.6 Å². The monoisotopic (exact) mass is 1140 g/mol. The molecule has 0 N–H and O–H groups in total. The molecule has 1 unspecified atom stereocenters. The summed E-state index contributed by atoms with van der Waals surface area (Å²) in [6.45, 7) is 6.45. The lowest BCUT2D eigenvalue weighted by Crippen LogP contribution is -2.30. The summed E-state index contributed by atoms with van der Waals surface area (Å²) in [5.41, 5.74) is 0. The number of hydrogen-bond acceptors (Lipinski definition) is 6. The number of esters is 3. The summed E-state index contributed by atoms with van der Waals surface area (Å²) in [4.78, 5) is 38.4. The van der Waals surface area contributed by atoms with E-state index < -0.39 is 6.10 Å². The highest BCUT2D eigenvalue weighted by molar-refractivity contribution is 5.71. The van der Waals surface area contributed by atoms with Crippen molar-refractivity contribution in [3.8, 4) is 0 Å². The van der Waals surface area contributed by atoms with Gasteiger partial charge in [-0.2, -0.15) is 0 Å². The molecule has 0 heterocycles. The lowest BCUT2D eigenvalue weighted by molar-refractivity contribution is -0.167. The van der Waals surface area contributed by atoms with Crippen LogP contribution in [-0.4, -0.2) is 37.2 Å².